The second-order valence-corrected chi connectivity index (χ2v) is 4.70. The summed E-state index contributed by atoms with van der Waals surface area (Å²) in [5.74, 6) is 1.76. The van der Waals surface area contributed by atoms with Gasteiger partial charge in [0.1, 0.15) is 11.6 Å². The molecule has 0 aliphatic rings. The minimum Gasteiger partial charge on any atom is -0.355 e. The Labute approximate surface area is 114 Å². The molecule has 0 unspecified atom stereocenters. The Hall–Kier alpha value is -1.94. The quantitative estimate of drug-likeness (QED) is 0.890. The fourth-order valence-corrected chi connectivity index (χ4v) is 1.89. The van der Waals surface area contributed by atoms with Crippen LogP contribution in [0.5, 0.6) is 0 Å². The molecule has 1 aromatic heterocycles. The predicted octanol–water partition coefficient (Wildman–Crippen LogP) is 2.14. The number of nitrogens with one attached hydrogen (secondary N) is 1. The van der Waals surface area contributed by atoms with E-state index in [1.165, 1.54) is 11.1 Å². The van der Waals surface area contributed by atoms with Gasteiger partial charge in [0.25, 0.3) is 0 Å². The number of benzene rings is 1. The maximum Gasteiger partial charge on any atom is 0.144 e. The molecular weight excluding hydrogens is 236 g/mol. The maximum absolute atomic E-state index is 4.53. The Morgan fingerprint density at radius 3 is 2.58 bits per heavy atom. The van der Waals surface area contributed by atoms with Crippen molar-refractivity contribution in [2.45, 2.75) is 20.0 Å². The smallest absolute Gasteiger partial charge is 0.144 e. The summed E-state index contributed by atoms with van der Waals surface area (Å²) in [4.78, 5) is 10.9. The van der Waals surface area contributed by atoms with E-state index in [1.807, 2.05) is 20.2 Å². The first-order valence-electron chi connectivity index (χ1n) is 6.42. The van der Waals surface area contributed by atoms with Crippen LogP contribution in [0.1, 0.15) is 17.0 Å². The highest BCUT2D eigenvalue weighted by Gasteiger charge is 2.05. The van der Waals surface area contributed by atoms with E-state index in [-0.39, 0.29) is 0 Å². The average Bonchev–Trinajstić information content (AvgIpc) is 2.42. The number of aryl methyl sites for hydroxylation is 1. The number of aromatic nitrogens is 2. The third kappa shape index (κ3) is 3.76. The monoisotopic (exact) mass is 256 g/mol. The first-order chi connectivity index (χ1) is 9.19. The van der Waals surface area contributed by atoms with Crippen molar-refractivity contribution in [3.63, 3.8) is 0 Å². The third-order valence-electron chi connectivity index (χ3n) is 2.96. The standard InChI is InChI=1S/C15H20N4/c1-12-4-6-13(7-5-12)11-19(3)15-8-9-17-14(18-15)10-16-2/h4-9,16H,10-11H2,1-3H3. The predicted molar refractivity (Wildman–Crippen MR) is 78.1 cm³/mol. The molecule has 0 radical (unpaired) electrons. The molecule has 0 aliphatic heterocycles. The zero-order valence-corrected chi connectivity index (χ0v) is 11.7. The van der Waals surface area contributed by atoms with Crippen LogP contribution in [-0.4, -0.2) is 24.1 Å². The summed E-state index contributed by atoms with van der Waals surface area (Å²) in [6.07, 6.45) is 1.81. The topological polar surface area (TPSA) is 41.1 Å². The Balaban J connectivity index is 2.08. The van der Waals surface area contributed by atoms with Crippen LogP contribution in [0.3, 0.4) is 0 Å². The Bertz CT molecular complexity index is 522. The molecule has 0 saturated carbocycles. The van der Waals surface area contributed by atoms with Gasteiger partial charge in [0.2, 0.25) is 0 Å². The van der Waals surface area contributed by atoms with Crippen LogP contribution in [0.15, 0.2) is 36.5 Å². The van der Waals surface area contributed by atoms with E-state index in [0.29, 0.717) is 6.54 Å². The lowest BCUT2D eigenvalue weighted by Crippen LogP contribution is -2.19. The first-order valence-corrected chi connectivity index (χ1v) is 6.42. The molecule has 2 rings (SSSR count). The van der Waals surface area contributed by atoms with Crippen molar-refractivity contribution in [1.82, 2.24) is 15.3 Å². The number of hydrogen-bond acceptors (Lipinski definition) is 4. The number of nitrogens with zero attached hydrogens (tertiary/aromatic N) is 3. The van der Waals surface area contributed by atoms with Crippen LogP contribution < -0.4 is 10.2 Å². The maximum atomic E-state index is 4.53. The summed E-state index contributed by atoms with van der Waals surface area (Å²) < 4.78 is 0. The van der Waals surface area contributed by atoms with E-state index in [1.54, 1.807) is 6.20 Å². The lowest BCUT2D eigenvalue weighted by molar-refractivity contribution is 0.750. The van der Waals surface area contributed by atoms with Gasteiger partial charge in [-0.05, 0) is 25.6 Å². The van der Waals surface area contributed by atoms with Crippen molar-refractivity contribution >= 4 is 5.82 Å². The molecule has 1 heterocycles. The molecule has 0 aliphatic carbocycles. The van der Waals surface area contributed by atoms with Crippen molar-refractivity contribution in [3.8, 4) is 0 Å². The van der Waals surface area contributed by atoms with Crippen molar-refractivity contribution in [3.05, 3.63) is 53.5 Å². The number of rotatable bonds is 5. The Morgan fingerprint density at radius 1 is 1.16 bits per heavy atom. The second-order valence-electron chi connectivity index (χ2n) is 4.70. The minimum absolute atomic E-state index is 0.687. The molecule has 0 amide bonds. The highest BCUT2D eigenvalue weighted by Crippen LogP contribution is 2.12. The molecule has 0 spiro atoms. The summed E-state index contributed by atoms with van der Waals surface area (Å²) in [5, 5.41) is 3.06. The van der Waals surface area contributed by atoms with Crippen LogP contribution in [0.4, 0.5) is 5.82 Å². The molecule has 2 aromatic rings. The minimum atomic E-state index is 0.687. The van der Waals surface area contributed by atoms with E-state index >= 15 is 0 Å². The zero-order valence-electron chi connectivity index (χ0n) is 11.7. The van der Waals surface area contributed by atoms with E-state index in [9.17, 15) is 0 Å². The van der Waals surface area contributed by atoms with Gasteiger partial charge in [-0.2, -0.15) is 0 Å². The Morgan fingerprint density at radius 2 is 1.89 bits per heavy atom. The van der Waals surface area contributed by atoms with Gasteiger partial charge in [0.05, 0.1) is 6.54 Å². The molecule has 0 fully saturated rings. The molecule has 100 valence electrons. The van der Waals surface area contributed by atoms with Gasteiger partial charge in [0.15, 0.2) is 0 Å². The van der Waals surface area contributed by atoms with Crippen molar-refractivity contribution in [1.29, 1.82) is 0 Å². The van der Waals surface area contributed by atoms with E-state index in [2.05, 4.69) is 51.4 Å². The molecule has 4 heteroatoms. The highest BCUT2D eigenvalue weighted by atomic mass is 15.2. The van der Waals surface area contributed by atoms with Gasteiger partial charge in [-0.1, -0.05) is 29.8 Å². The molecule has 4 nitrogen and oxygen atoms in total. The summed E-state index contributed by atoms with van der Waals surface area (Å²) in [7, 11) is 3.94. The number of anilines is 1. The Kier molecular flexibility index (Phi) is 4.47. The molecule has 0 atom stereocenters. The van der Waals surface area contributed by atoms with Crippen molar-refractivity contribution in [2.75, 3.05) is 19.0 Å². The number of hydrogen-bond donors (Lipinski definition) is 1. The fourth-order valence-electron chi connectivity index (χ4n) is 1.89. The summed E-state index contributed by atoms with van der Waals surface area (Å²) >= 11 is 0. The zero-order chi connectivity index (χ0) is 13.7. The van der Waals surface area contributed by atoms with E-state index in [0.717, 1.165) is 18.2 Å². The molecule has 19 heavy (non-hydrogen) atoms. The van der Waals surface area contributed by atoms with Gasteiger partial charge in [-0.3, -0.25) is 0 Å². The van der Waals surface area contributed by atoms with E-state index < -0.39 is 0 Å². The van der Waals surface area contributed by atoms with Gasteiger partial charge in [-0.25, -0.2) is 9.97 Å². The summed E-state index contributed by atoms with van der Waals surface area (Å²) in [6, 6.07) is 10.5. The van der Waals surface area contributed by atoms with Crippen LogP contribution in [0, 0.1) is 6.92 Å². The molecule has 0 bridgehead atoms. The van der Waals surface area contributed by atoms with Gasteiger partial charge in [0, 0.05) is 19.8 Å². The van der Waals surface area contributed by atoms with Crippen LogP contribution in [0.2, 0.25) is 0 Å². The first kappa shape index (κ1) is 13.5. The second kappa shape index (κ2) is 6.29. The van der Waals surface area contributed by atoms with Crippen molar-refractivity contribution < 1.29 is 0 Å². The van der Waals surface area contributed by atoms with Crippen LogP contribution in [-0.2, 0) is 13.1 Å². The lowest BCUT2D eigenvalue weighted by Gasteiger charge is -2.18. The van der Waals surface area contributed by atoms with Gasteiger partial charge in [-0.15, -0.1) is 0 Å². The van der Waals surface area contributed by atoms with Gasteiger partial charge < -0.3 is 10.2 Å². The summed E-state index contributed by atoms with van der Waals surface area (Å²) in [5.41, 5.74) is 2.56. The third-order valence-corrected chi connectivity index (χ3v) is 2.96. The van der Waals surface area contributed by atoms with Crippen LogP contribution in [0.25, 0.3) is 0 Å². The molecule has 1 aromatic carbocycles. The highest BCUT2D eigenvalue weighted by molar-refractivity contribution is 5.38. The summed E-state index contributed by atoms with van der Waals surface area (Å²) in [6.45, 7) is 3.63. The SMILES string of the molecule is CNCc1nccc(N(C)Cc2ccc(C)cc2)n1. The molecule has 0 saturated heterocycles. The molecular formula is C15H20N4. The average molecular weight is 256 g/mol. The molecule has 1 N–H and O–H groups in total. The van der Waals surface area contributed by atoms with Crippen molar-refractivity contribution in [2.24, 2.45) is 0 Å². The largest absolute Gasteiger partial charge is 0.355 e. The van der Waals surface area contributed by atoms with Gasteiger partial charge >= 0.3 is 0 Å². The normalized spacial score (nSPS) is 10.5. The lowest BCUT2D eigenvalue weighted by atomic mass is 10.1. The van der Waals surface area contributed by atoms with E-state index in [4.69, 9.17) is 0 Å². The fraction of sp³-hybridized carbons (Fsp3) is 0.333. The van der Waals surface area contributed by atoms with Crippen LogP contribution >= 0.6 is 0 Å².